The normalized spacial score (nSPS) is 14.7. The Morgan fingerprint density at radius 2 is 2.09 bits per heavy atom. The minimum absolute atomic E-state index is 0.525. The van der Waals surface area contributed by atoms with Crippen LogP contribution >= 0.6 is 0 Å². The van der Waals surface area contributed by atoms with Gasteiger partial charge in [-0.3, -0.25) is 4.99 Å². The molecule has 0 fully saturated rings. The van der Waals surface area contributed by atoms with Crippen molar-refractivity contribution in [3.63, 3.8) is 0 Å². The standard InChI is InChI=1S/C9H8N2/c10-8-5-7-3-1-2-4-9(7)11-6-8/h1-5,10H,6H2. The fraction of sp³-hybridized carbons (Fsp3) is 0.111. The Morgan fingerprint density at radius 1 is 1.27 bits per heavy atom. The molecule has 2 rings (SSSR count). The van der Waals surface area contributed by atoms with E-state index < -0.39 is 0 Å². The van der Waals surface area contributed by atoms with Gasteiger partial charge in [-0.15, -0.1) is 0 Å². The van der Waals surface area contributed by atoms with Crippen molar-refractivity contribution in [1.29, 1.82) is 5.41 Å². The fourth-order valence-electron chi connectivity index (χ4n) is 1.16. The summed E-state index contributed by atoms with van der Waals surface area (Å²) in [5.41, 5.74) is 0.587. The lowest BCUT2D eigenvalue weighted by atomic mass is 10.2. The van der Waals surface area contributed by atoms with Gasteiger partial charge >= 0.3 is 0 Å². The zero-order valence-corrected chi connectivity index (χ0v) is 6.04. The summed E-state index contributed by atoms with van der Waals surface area (Å²) in [5, 5.41) is 9.43. The van der Waals surface area contributed by atoms with E-state index in [9.17, 15) is 0 Å². The Labute approximate surface area is 64.4 Å². The van der Waals surface area contributed by atoms with E-state index in [0.29, 0.717) is 12.3 Å². The summed E-state index contributed by atoms with van der Waals surface area (Å²) in [6, 6.07) is 7.87. The molecule has 1 aromatic carbocycles. The van der Waals surface area contributed by atoms with E-state index in [-0.39, 0.29) is 0 Å². The number of fused-ring (bicyclic) bond motifs is 1. The smallest absolute Gasteiger partial charge is 0.0812 e. The lowest BCUT2D eigenvalue weighted by molar-refractivity contribution is 1.14. The van der Waals surface area contributed by atoms with Crippen LogP contribution in [0.1, 0.15) is 0 Å². The maximum Gasteiger partial charge on any atom is 0.0812 e. The number of rotatable bonds is 0. The predicted molar refractivity (Wildman–Crippen MR) is 44.3 cm³/mol. The topological polar surface area (TPSA) is 36.2 Å². The fourth-order valence-corrected chi connectivity index (χ4v) is 1.16. The molecule has 0 aromatic heterocycles. The predicted octanol–water partition coefficient (Wildman–Crippen LogP) is 0.120. The molecule has 0 aliphatic carbocycles. The molecule has 1 aliphatic rings. The molecule has 0 bridgehead atoms. The molecule has 1 aliphatic heterocycles. The van der Waals surface area contributed by atoms with Gasteiger partial charge in [-0.1, -0.05) is 18.2 Å². The van der Waals surface area contributed by atoms with E-state index in [0.717, 1.165) is 10.6 Å². The highest BCUT2D eigenvalue weighted by Gasteiger charge is 1.96. The summed E-state index contributed by atoms with van der Waals surface area (Å²) in [4.78, 5) is 4.22. The molecule has 0 spiro atoms. The van der Waals surface area contributed by atoms with Crippen molar-refractivity contribution < 1.29 is 0 Å². The van der Waals surface area contributed by atoms with Crippen molar-refractivity contribution in [1.82, 2.24) is 0 Å². The van der Waals surface area contributed by atoms with Gasteiger partial charge in [0.15, 0.2) is 0 Å². The highest BCUT2D eigenvalue weighted by Crippen LogP contribution is 1.82. The summed E-state index contributed by atoms with van der Waals surface area (Å²) >= 11 is 0. The third-order valence-electron chi connectivity index (χ3n) is 1.69. The number of benzene rings is 1. The van der Waals surface area contributed by atoms with E-state index in [4.69, 9.17) is 5.41 Å². The van der Waals surface area contributed by atoms with Crippen LogP contribution in [0.3, 0.4) is 0 Å². The molecule has 1 aromatic rings. The average molecular weight is 144 g/mol. The molecular formula is C9H8N2. The molecule has 2 heteroatoms. The molecule has 1 heterocycles. The van der Waals surface area contributed by atoms with Crippen molar-refractivity contribution in [2.45, 2.75) is 0 Å². The quantitative estimate of drug-likeness (QED) is 0.537. The summed E-state index contributed by atoms with van der Waals surface area (Å²) in [6.07, 6.45) is 1.86. The van der Waals surface area contributed by atoms with Crippen LogP contribution in [0.25, 0.3) is 6.08 Å². The van der Waals surface area contributed by atoms with Crippen molar-refractivity contribution in [3.05, 3.63) is 34.8 Å². The maximum absolute atomic E-state index is 7.37. The Balaban J connectivity index is 2.83. The zero-order chi connectivity index (χ0) is 7.68. The molecule has 0 saturated heterocycles. The number of hydrogen-bond acceptors (Lipinski definition) is 2. The van der Waals surface area contributed by atoms with Crippen LogP contribution < -0.4 is 10.6 Å². The van der Waals surface area contributed by atoms with E-state index >= 15 is 0 Å². The molecule has 0 amide bonds. The lowest BCUT2D eigenvalue weighted by Crippen LogP contribution is -2.30. The van der Waals surface area contributed by atoms with Crippen molar-refractivity contribution in [3.8, 4) is 0 Å². The number of nitrogens with zero attached hydrogens (tertiary/aromatic N) is 1. The third kappa shape index (κ3) is 1.07. The molecule has 0 saturated carbocycles. The molecule has 1 N–H and O–H groups in total. The van der Waals surface area contributed by atoms with Crippen molar-refractivity contribution in [2.75, 3.05) is 6.54 Å². The number of hydrogen-bond donors (Lipinski definition) is 1. The molecular weight excluding hydrogens is 136 g/mol. The summed E-state index contributed by atoms with van der Waals surface area (Å²) in [7, 11) is 0. The van der Waals surface area contributed by atoms with Gasteiger partial charge < -0.3 is 5.41 Å². The van der Waals surface area contributed by atoms with Gasteiger partial charge in [0.2, 0.25) is 0 Å². The highest BCUT2D eigenvalue weighted by molar-refractivity contribution is 6.09. The Bertz CT molecular complexity index is 404. The minimum atomic E-state index is 0.525. The van der Waals surface area contributed by atoms with Crippen molar-refractivity contribution >= 4 is 11.8 Å². The van der Waals surface area contributed by atoms with Crippen LogP contribution in [0.5, 0.6) is 0 Å². The van der Waals surface area contributed by atoms with Crippen molar-refractivity contribution in [2.24, 2.45) is 4.99 Å². The first-order valence-electron chi connectivity index (χ1n) is 3.55. The first kappa shape index (κ1) is 6.28. The monoisotopic (exact) mass is 144 g/mol. The Morgan fingerprint density at radius 3 is 3.00 bits per heavy atom. The van der Waals surface area contributed by atoms with E-state index in [1.54, 1.807) is 0 Å². The molecule has 2 nitrogen and oxygen atoms in total. The van der Waals surface area contributed by atoms with Crippen LogP contribution in [0.2, 0.25) is 0 Å². The lowest BCUT2D eigenvalue weighted by Gasteiger charge is -1.98. The molecule has 0 atom stereocenters. The summed E-state index contributed by atoms with van der Waals surface area (Å²) < 4.78 is 0. The second-order valence-electron chi connectivity index (χ2n) is 2.54. The van der Waals surface area contributed by atoms with Crippen LogP contribution in [0.15, 0.2) is 29.3 Å². The van der Waals surface area contributed by atoms with Gasteiger partial charge in [-0.25, -0.2) is 0 Å². The maximum atomic E-state index is 7.37. The second-order valence-corrected chi connectivity index (χ2v) is 2.54. The van der Waals surface area contributed by atoms with E-state index in [1.165, 1.54) is 0 Å². The molecule has 11 heavy (non-hydrogen) atoms. The van der Waals surface area contributed by atoms with Crippen LogP contribution in [-0.4, -0.2) is 12.3 Å². The van der Waals surface area contributed by atoms with Gasteiger partial charge in [0.25, 0.3) is 0 Å². The summed E-state index contributed by atoms with van der Waals surface area (Å²) in [6.45, 7) is 0.525. The Hall–Kier alpha value is -1.44. The van der Waals surface area contributed by atoms with E-state index in [2.05, 4.69) is 4.99 Å². The largest absolute Gasteiger partial charge is 0.303 e. The first-order chi connectivity index (χ1) is 5.36. The minimum Gasteiger partial charge on any atom is -0.303 e. The Kier molecular flexibility index (Phi) is 1.32. The van der Waals surface area contributed by atoms with Gasteiger partial charge in [0, 0.05) is 5.22 Å². The first-order valence-corrected chi connectivity index (χ1v) is 3.55. The second kappa shape index (κ2) is 2.31. The van der Waals surface area contributed by atoms with E-state index in [1.807, 2.05) is 30.3 Å². The van der Waals surface area contributed by atoms with Crippen LogP contribution in [0.4, 0.5) is 0 Å². The molecule has 0 radical (unpaired) electrons. The SMILES string of the molecule is N=C1C=c2ccccc2=NC1. The average Bonchev–Trinajstić information content (AvgIpc) is 2.04. The van der Waals surface area contributed by atoms with Gasteiger partial charge in [0.1, 0.15) is 0 Å². The van der Waals surface area contributed by atoms with Gasteiger partial charge in [0.05, 0.1) is 17.6 Å². The van der Waals surface area contributed by atoms with Crippen LogP contribution in [-0.2, 0) is 0 Å². The number of nitrogens with one attached hydrogen (secondary N) is 1. The summed E-state index contributed by atoms with van der Waals surface area (Å²) in [5.74, 6) is 0. The molecule has 54 valence electrons. The third-order valence-corrected chi connectivity index (χ3v) is 1.69. The zero-order valence-electron chi connectivity index (χ0n) is 6.04. The van der Waals surface area contributed by atoms with Gasteiger partial charge in [-0.2, -0.15) is 0 Å². The highest BCUT2D eigenvalue weighted by atomic mass is 14.7. The van der Waals surface area contributed by atoms with Gasteiger partial charge in [-0.05, 0) is 12.1 Å². The molecule has 0 unspecified atom stereocenters. The number of para-hydroxylation sites is 1. The van der Waals surface area contributed by atoms with Crippen LogP contribution in [0, 0.1) is 5.41 Å².